The van der Waals surface area contributed by atoms with E-state index in [0.29, 0.717) is 6.04 Å². The number of benzene rings is 2. The topological polar surface area (TPSA) is 24.4 Å². The van der Waals surface area contributed by atoms with Crippen molar-refractivity contribution in [1.82, 2.24) is 5.32 Å². The molecule has 2 aliphatic rings. The molecule has 3 heteroatoms. The molecule has 4 rings (SSSR count). The fourth-order valence-corrected chi connectivity index (χ4v) is 3.83. The summed E-state index contributed by atoms with van der Waals surface area (Å²) < 4.78 is 0. The Morgan fingerprint density at radius 2 is 2.10 bits per heavy atom. The summed E-state index contributed by atoms with van der Waals surface area (Å²) in [6.07, 6.45) is 1.00. The minimum atomic E-state index is -0.0885. The SMILES string of the molecule is C[C@]12N[C@H](Cc3cc(N=C=S)ccc31)c1ccccc12. The molecule has 2 heterocycles. The summed E-state index contributed by atoms with van der Waals surface area (Å²) >= 11 is 4.70. The van der Waals surface area contributed by atoms with Crippen LogP contribution in [-0.2, 0) is 12.0 Å². The van der Waals surface area contributed by atoms with Crippen molar-refractivity contribution in [2.24, 2.45) is 4.99 Å². The number of aliphatic imine (C=N–C) groups is 1. The van der Waals surface area contributed by atoms with Crippen LogP contribution in [0.5, 0.6) is 0 Å². The monoisotopic (exact) mass is 278 g/mol. The van der Waals surface area contributed by atoms with Gasteiger partial charge in [-0.2, -0.15) is 4.99 Å². The number of isothiocyanates is 1. The quantitative estimate of drug-likeness (QED) is 0.632. The third-order valence-electron chi connectivity index (χ3n) is 4.56. The minimum Gasteiger partial charge on any atom is -0.297 e. The third kappa shape index (κ3) is 1.49. The second-order valence-corrected chi connectivity index (χ2v) is 5.84. The minimum absolute atomic E-state index is 0.0885. The number of hydrogen-bond donors (Lipinski definition) is 1. The summed E-state index contributed by atoms with van der Waals surface area (Å²) in [4.78, 5) is 4.10. The molecule has 0 spiro atoms. The molecule has 0 saturated carbocycles. The van der Waals surface area contributed by atoms with Crippen LogP contribution in [0.1, 0.15) is 35.2 Å². The van der Waals surface area contributed by atoms with E-state index in [9.17, 15) is 0 Å². The van der Waals surface area contributed by atoms with Crippen molar-refractivity contribution in [3.8, 4) is 0 Å². The number of nitrogens with one attached hydrogen (secondary N) is 1. The van der Waals surface area contributed by atoms with Crippen LogP contribution in [0.15, 0.2) is 47.5 Å². The second kappa shape index (κ2) is 4.10. The van der Waals surface area contributed by atoms with Gasteiger partial charge in [-0.05, 0) is 59.9 Å². The molecule has 20 heavy (non-hydrogen) atoms. The van der Waals surface area contributed by atoms with Crippen molar-refractivity contribution in [2.75, 3.05) is 0 Å². The van der Waals surface area contributed by atoms with Gasteiger partial charge >= 0.3 is 0 Å². The van der Waals surface area contributed by atoms with Crippen LogP contribution in [0.2, 0.25) is 0 Å². The fraction of sp³-hybridized carbons (Fsp3) is 0.235. The molecule has 0 aromatic heterocycles. The number of rotatable bonds is 1. The Morgan fingerprint density at radius 1 is 1.25 bits per heavy atom. The predicted octanol–water partition coefficient (Wildman–Crippen LogP) is 3.88. The molecule has 2 atom stereocenters. The lowest BCUT2D eigenvalue weighted by molar-refractivity contribution is 0.389. The first-order valence-corrected chi connectivity index (χ1v) is 7.21. The molecule has 2 aliphatic heterocycles. The van der Waals surface area contributed by atoms with Crippen molar-refractivity contribution in [3.63, 3.8) is 0 Å². The van der Waals surface area contributed by atoms with Gasteiger partial charge in [-0.25, -0.2) is 0 Å². The molecule has 1 N–H and O–H groups in total. The normalized spacial score (nSPS) is 25.6. The summed E-state index contributed by atoms with van der Waals surface area (Å²) in [5, 5.41) is 6.22. The first-order valence-electron chi connectivity index (χ1n) is 6.81. The Bertz CT molecular complexity index is 761. The van der Waals surface area contributed by atoms with E-state index < -0.39 is 0 Å². The maximum atomic E-state index is 4.70. The molecule has 0 saturated heterocycles. The molecule has 2 aromatic rings. The van der Waals surface area contributed by atoms with Crippen LogP contribution in [0, 0.1) is 0 Å². The van der Waals surface area contributed by atoms with Crippen molar-refractivity contribution < 1.29 is 0 Å². The summed E-state index contributed by atoms with van der Waals surface area (Å²) in [5.41, 5.74) is 6.34. The Morgan fingerprint density at radius 3 is 2.95 bits per heavy atom. The lowest BCUT2D eigenvalue weighted by atomic mass is 9.82. The van der Waals surface area contributed by atoms with Crippen LogP contribution in [0.25, 0.3) is 0 Å². The van der Waals surface area contributed by atoms with Gasteiger partial charge < -0.3 is 0 Å². The first kappa shape index (κ1) is 12.0. The Balaban J connectivity index is 1.95. The molecule has 0 radical (unpaired) electrons. The van der Waals surface area contributed by atoms with E-state index in [-0.39, 0.29) is 5.54 Å². The van der Waals surface area contributed by atoms with E-state index in [0.717, 1.165) is 12.1 Å². The smallest absolute Gasteiger partial charge is 0.0742 e. The summed E-state index contributed by atoms with van der Waals surface area (Å²) in [7, 11) is 0. The predicted molar refractivity (Wildman–Crippen MR) is 83.6 cm³/mol. The van der Waals surface area contributed by atoms with E-state index in [1.807, 2.05) is 6.07 Å². The average Bonchev–Trinajstić information content (AvgIpc) is 2.69. The van der Waals surface area contributed by atoms with Gasteiger partial charge in [0.2, 0.25) is 0 Å². The Labute approximate surface area is 123 Å². The number of thiocarbonyl (C=S) groups is 1. The zero-order valence-corrected chi connectivity index (χ0v) is 12.0. The lowest BCUT2D eigenvalue weighted by Crippen LogP contribution is -2.41. The summed E-state index contributed by atoms with van der Waals surface area (Å²) in [6, 6.07) is 15.5. The summed E-state index contributed by atoms with van der Waals surface area (Å²) in [6.45, 7) is 2.27. The molecule has 2 aromatic carbocycles. The van der Waals surface area contributed by atoms with Crippen molar-refractivity contribution in [3.05, 3.63) is 64.7 Å². The van der Waals surface area contributed by atoms with Gasteiger partial charge in [-0.15, -0.1) is 0 Å². The standard InChI is InChI=1S/C17H14N2S/c1-17-14-7-6-12(18-10-20)8-11(14)9-16(19-17)13-4-2-3-5-15(13)17/h2-8,16,19H,9H2,1H3/t16-,17+/m1/s1. The van der Waals surface area contributed by atoms with Gasteiger partial charge in [0.1, 0.15) is 0 Å². The zero-order valence-electron chi connectivity index (χ0n) is 11.2. The maximum Gasteiger partial charge on any atom is 0.0742 e. The average molecular weight is 278 g/mol. The van der Waals surface area contributed by atoms with E-state index >= 15 is 0 Å². The number of nitrogens with zero attached hydrogens (tertiary/aromatic N) is 1. The molecule has 0 amide bonds. The van der Waals surface area contributed by atoms with Gasteiger partial charge in [0.25, 0.3) is 0 Å². The van der Waals surface area contributed by atoms with Gasteiger partial charge in [0, 0.05) is 6.04 Å². The maximum absolute atomic E-state index is 4.70. The largest absolute Gasteiger partial charge is 0.297 e. The van der Waals surface area contributed by atoms with E-state index in [1.165, 1.54) is 22.3 Å². The Kier molecular flexibility index (Phi) is 2.45. The number of fused-ring (bicyclic) bond motifs is 7. The molecular formula is C17H14N2S. The fourth-order valence-electron chi connectivity index (χ4n) is 3.72. The highest BCUT2D eigenvalue weighted by Gasteiger charge is 2.45. The molecule has 2 nitrogen and oxygen atoms in total. The first-order chi connectivity index (χ1) is 9.72. The third-order valence-corrected chi connectivity index (χ3v) is 4.66. The van der Waals surface area contributed by atoms with Crippen LogP contribution < -0.4 is 5.32 Å². The molecule has 98 valence electrons. The number of hydrogen-bond acceptors (Lipinski definition) is 3. The molecular weight excluding hydrogens is 264 g/mol. The van der Waals surface area contributed by atoms with Crippen LogP contribution in [-0.4, -0.2) is 5.16 Å². The Hall–Kier alpha value is -1.80. The zero-order chi connectivity index (χ0) is 13.7. The molecule has 2 bridgehead atoms. The molecule has 0 fully saturated rings. The van der Waals surface area contributed by atoms with Crippen molar-refractivity contribution in [1.29, 1.82) is 0 Å². The van der Waals surface area contributed by atoms with Gasteiger partial charge in [-0.3, -0.25) is 5.32 Å². The highest BCUT2D eigenvalue weighted by atomic mass is 32.1. The van der Waals surface area contributed by atoms with Crippen LogP contribution >= 0.6 is 12.2 Å². The lowest BCUT2D eigenvalue weighted by Gasteiger charge is -2.34. The van der Waals surface area contributed by atoms with Gasteiger partial charge in [0.15, 0.2) is 0 Å². The van der Waals surface area contributed by atoms with Crippen molar-refractivity contribution >= 4 is 23.1 Å². The highest BCUT2D eigenvalue weighted by Crippen LogP contribution is 2.48. The summed E-state index contributed by atoms with van der Waals surface area (Å²) in [5.74, 6) is 0. The molecule has 0 aliphatic carbocycles. The van der Waals surface area contributed by atoms with E-state index in [4.69, 9.17) is 12.2 Å². The van der Waals surface area contributed by atoms with Crippen LogP contribution in [0.3, 0.4) is 0 Å². The molecule has 0 unspecified atom stereocenters. The second-order valence-electron chi connectivity index (χ2n) is 5.66. The van der Waals surface area contributed by atoms with Gasteiger partial charge in [-0.1, -0.05) is 30.3 Å². The van der Waals surface area contributed by atoms with E-state index in [1.54, 1.807) is 0 Å². The van der Waals surface area contributed by atoms with Gasteiger partial charge in [0.05, 0.1) is 16.4 Å². The van der Waals surface area contributed by atoms with E-state index in [2.05, 4.69) is 58.8 Å². The highest BCUT2D eigenvalue weighted by molar-refractivity contribution is 7.78. The van der Waals surface area contributed by atoms with Crippen LogP contribution in [0.4, 0.5) is 5.69 Å². The van der Waals surface area contributed by atoms with Crippen molar-refractivity contribution in [2.45, 2.75) is 24.9 Å².